The van der Waals surface area contributed by atoms with Gasteiger partial charge in [0, 0.05) is 0 Å². The van der Waals surface area contributed by atoms with E-state index in [1.807, 2.05) is 38.1 Å². The van der Waals surface area contributed by atoms with Crippen LogP contribution in [0.5, 0.6) is 0 Å². The molecular formula is C16H16N4O. The first kappa shape index (κ1) is 13.4. The summed E-state index contributed by atoms with van der Waals surface area (Å²) < 4.78 is 0. The molecule has 1 amide bonds. The third kappa shape index (κ3) is 2.67. The van der Waals surface area contributed by atoms with Gasteiger partial charge in [0.1, 0.15) is 5.70 Å². The van der Waals surface area contributed by atoms with Crippen LogP contribution in [-0.4, -0.2) is 28.3 Å². The molecule has 106 valence electrons. The molecule has 0 saturated heterocycles. The van der Waals surface area contributed by atoms with Gasteiger partial charge in [-0.05, 0) is 32.3 Å². The average Bonchev–Trinajstić information content (AvgIpc) is 2.76. The first-order chi connectivity index (χ1) is 10.1. The molecule has 1 aromatic carbocycles. The van der Waals surface area contributed by atoms with Crippen LogP contribution >= 0.6 is 0 Å². The highest BCUT2D eigenvalue weighted by molar-refractivity contribution is 6.43. The normalized spacial score (nSPS) is 19.3. The summed E-state index contributed by atoms with van der Waals surface area (Å²) in [5.41, 5.74) is 3.34. The summed E-state index contributed by atoms with van der Waals surface area (Å²) in [5.74, 6) is 0.0992. The van der Waals surface area contributed by atoms with Gasteiger partial charge in [0.15, 0.2) is 0 Å². The molecule has 0 bridgehead atoms. The first-order valence-corrected chi connectivity index (χ1v) is 6.93. The number of hydrogen-bond acceptors (Lipinski definition) is 4. The fourth-order valence-electron chi connectivity index (χ4n) is 2.21. The van der Waals surface area contributed by atoms with E-state index in [0.717, 1.165) is 24.3 Å². The number of carbonyl (C=O) groups excluding carboxylic acids is 1. The van der Waals surface area contributed by atoms with Crippen molar-refractivity contribution in [2.24, 2.45) is 15.1 Å². The van der Waals surface area contributed by atoms with Gasteiger partial charge in [-0.1, -0.05) is 36.4 Å². The summed E-state index contributed by atoms with van der Waals surface area (Å²) in [5, 5.41) is 5.92. The lowest BCUT2D eigenvalue weighted by Gasteiger charge is -2.18. The van der Waals surface area contributed by atoms with E-state index in [1.165, 1.54) is 10.6 Å². The van der Waals surface area contributed by atoms with Gasteiger partial charge in [0.25, 0.3) is 11.9 Å². The Hall–Kier alpha value is -2.56. The second kappa shape index (κ2) is 5.44. The predicted molar refractivity (Wildman–Crippen MR) is 83.3 cm³/mol. The van der Waals surface area contributed by atoms with Gasteiger partial charge in [0.2, 0.25) is 0 Å². The van der Waals surface area contributed by atoms with E-state index >= 15 is 0 Å². The topological polar surface area (TPSA) is 57.4 Å². The first-order valence-electron chi connectivity index (χ1n) is 6.93. The maximum Gasteiger partial charge on any atom is 0.298 e. The molecule has 0 fully saturated rings. The number of rotatable bonds is 3. The van der Waals surface area contributed by atoms with Crippen molar-refractivity contribution >= 4 is 23.3 Å². The van der Waals surface area contributed by atoms with Crippen molar-refractivity contribution in [2.75, 3.05) is 0 Å². The molecule has 2 aliphatic heterocycles. The van der Waals surface area contributed by atoms with E-state index in [9.17, 15) is 4.79 Å². The number of nitrogens with zero attached hydrogens (tertiary/aromatic N) is 4. The van der Waals surface area contributed by atoms with E-state index < -0.39 is 0 Å². The molecule has 0 aliphatic carbocycles. The minimum Gasteiger partial charge on any atom is -0.265 e. The molecule has 21 heavy (non-hydrogen) atoms. The van der Waals surface area contributed by atoms with Gasteiger partial charge >= 0.3 is 0 Å². The third-order valence-corrected chi connectivity index (χ3v) is 3.49. The van der Waals surface area contributed by atoms with E-state index in [-0.39, 0.29) is 5.91 Å². The fraction of sp³-hybridized carbons (Fsp3) is 0.250. The maximum absolute atomic E-state index is 12.0. The Morgan fingerprint density at radius 1 is 1.10 bits per heavy atom. The van der Waals surface area contributed by atoms with E-state index in [4.69, 9.17) is 0 Å². The van der Waals surface area contributed by atoms with Crippen LogP contribution in [0.1, 0.15) is 25.8 Å². The number of allylic oxidation sites excluding steroid dienone is 1. The minimum atomic E-state index is -0.270. The summed E-state index contributed by atoms with van der Waals surface area (Å²) in [4.78, 5) is 20.2. The smallest absolute Gasteiger partial charge is 0.265 e. The molecule has 0 N–H and O–H groups in total. The molecule has 0 aromatic heterocycles. The lowest BCUT2D eigenvalue weighted by molar-refractivity contribution is -0.114. The van der Waals surface area contributed by atoms with Crippen molar-refractivity contribution in [1.82, 2.24) is 5.01 Å². The number of hydrazone groups is 1. The quantitative estimate of drug-likeness (QED) is 0.799. The number of aliphatic imine (C=N–C) groups is 2. The summed E-state index contributed by atoms with van der Waals surface area (Å²) >= 11 is 0. The lowest BCUT2D eigenvalue weighted by Crippen LogP contribution is -2.28. The van der Waals surface area contributed by atoms with Gasteiger partial charge in [-0.25, -0.2) is 4.99 Å². The number of guanidine groups is 1. The average molecular weight is 280 g/mol. The Morgan fingerprint density at radius 2 is 1.86 bits per heavy atom. The molecule has 0 unspecified atom stereocenters. The van der Waals surface area contributed by atoms with Gasteiger partial charge in [-0.3, -0.25) is 4.79 Å². The zero-order valence-corrected chi connectivity index (χ0v) is 12.1. The zero-order chi connectivity index (χ0) is 14.8. The third-order valence-electron chi connectivity index (χ3n) is 3.49. The number of fused-ring (bicyclic) bond motifs is 1. The Morgan fingerprint density at radius 3 is 2.62 bits per heavy atom. The fourth-order valence-corrected chi connectivity index (χ4v) is 2.21. The molecule has 3 rings (SSSR count). The van der Waals surface area contributed by atoms with Gasteiger partial charge in [-0.2, -0.15) is 15.1 Å². The Balaban J connectivity index is 1.75. The molecule has 0 spiro atoms. The van der Waals surface area contributed by atoms with Crippen LogP contribution in [0.15, 0.2) is 57.2 Å². The highest BCUT2D eigenvalue weighted by Gasteiger charge is 2.31. The largest absolute Gasteiger partial charge is 0.298 e. The molecule has 0 radical (unpaired) electrons. The van der Waals surface area contributed by atoms with Crippen LogP contribution in [0.2, 0.25) is 0 Å². The molecule has 2 aliphatic rings. The molecule has 1 aromatic rings. The van der Waals surface area contributed by atoms with Crippen LogP contribution < -0.4 is 0 Å². The monoisotopic (exact) mass is 280 g/mol. The molecule has 2 heterocycles. The summed E-state index contributed by atoms with van der Waals surface area (Å²) in [6.07, 6.45) is 3.53. The number of carbonyl (C=O) groups is 1. The molecule has 0 atom stereocenters. The Kier molecular flexibility index (Phi) is 3.48. The second-order valence-corrected chi connectivity index (χ2v) is 5.03. The van der Waals surface area contributed by atoms with Crippen molar-refractivity contribution in [3.05, 3.63) is 47.7 Å². The van der Waals surface area contributed by atoms with Crippen molar-refractivity contribution < 1.29 is 4.79 Å². The van der Waals surface area contributed by atoms with E-state index in [2.05, 4.69) is 27.2 Å². The Labute approximate surface area is 123 Å². The van der Waals surface area contributed by atoms with Crippen LogP contribution in [0.25, 0.3) is 0 Å². The number of benzene rings is 1. The number of hydrogen-bond donors (Lipinski definition) is 0. The van der Waals surface area contributed by atoms with Crippen LogP contribution in [0, 0.1) is 0 Å². The van der Waals surface area contributed by atoms with Crippen molar-refractivity contribution in [3.8, 4) is 0 Å². The van der Waals surface area contributed by atoms with Gasteiger partial charge in [-0.15, -0.1) is 0 Å². The van der Waals surface area contributed by atoms with Gasteiger partial charge in [0.05, 0.1) is 11.4 Å². The maximum atomic E-state index is 12.0. The molecule has 5 nitrogen and oxygen atoms in total. The number of aryl methyl sites for hydroxylation is 1. The molecule has 5 heteroatoms. The molecular weight excluding hydrogens is 264 g/mol. The van der Waals surface area contributed by atoms with Crippen LogP contribution in [-0.2, 0) is 11.2 Å². The van der Waals surface area contributed by atoms with Crippen molar-refractivity contribution in [1.29, 1.82) is 0 Å². The van der Waals surface area contributed by atoms with Crippen LogP contribution in [0.3, 0.4) is 0 Å². The standard InChI is InChI=1S/C16H16N4O/c1-11-12(2)19-20-14(15(21)18-16(20)17-11)10-6-9-13-7-4-3-5-8-13/h3-5,7-8,10H,6,9H2,1-2H3. The minimum absolute atomic E-state index is 0.270. The van der Waals surface area contributed by atoms with E-state index in [1.54, 1.807) is 0 Å². The molecule has 0 saturated carbocycles. The highest BCUT2D eigenvalue weighted by atomic mass is 16.2. The van der Waals surface area contributed by atoms with Gasteiger partial charge < -0.3 is 0 Å². The Bertz CT molecular complexity index is 698. The SMILES string of the molecule is CC1=NC2=NC(=O)C(=CCCc3ccccc3)N2N=C1C. The predicted octanol–water partition coefficient (Wildman–Crippen LogP) is 2.55. The summed E-state index contributed by atoms with van der Waals surface area (Å²) in [6.45, 7) is 3.74. The summed E-state index contributed by atoms with van der Waals surface area (Å²) in [6, 6.07) is 10.2. The van der Waals surface area contributed by atoms with Crippen molar-refractivity contribution in [2.45, 2.75) is 26.7 Å². The van der Waals surface area contributed by atoms with Crippen molar-refractivity contribution in [3.63, 3.8) is 0 Å². The zero-order valence-electron chi connectivity index (χ0n) is 12.1. The van der Waals surface area contributed by atoms with Crippen LogP contribution in [0.4, 0.5) is 0 Å². The number of amides is 1. The highest BCUT2D eigenvalue weighted by Crippen LogP contribution is 2.21. The van der Waals surface area contributed by atoms with E-state index in [0.29, 0.717) is 11.7 Å². The second-order valence-electron chi connectivity index (χ2n) is 5.03. The lowest BCUT2D eigenvalue weighted by atomic mass is 10.1. The summed E-state index contributed by atoms with van der Waals surface area (Å²) in [7, 11) is 0.